The summed E-state index contributed by atoms with van der Waals surface area (Å²) < 4.78 is 37.7. The normalized spacial score (nSPS) is 19.0. The van der Waals surface area contributed by atoms with Gasteiger partial charge in [0.1, 0.15) is 5.82 Å². The first kappa shape index (κ1) is 19.9. The molecule has 1 aliphatic heterocycles. The SMILES string of the molecule is CC(CC(=O)N(C)C1CCNC1)S(=O)(=O)c1ccc(F)cc1.Cl. The second kappa shape index (κ2) is 8.08. The lowest BCUT2D eigenvalue weighted by molar-refractivity contribution is -0.131. The van der Waals surface area contributed by atoms with Crippen LogP contribution in [0.2, 0.25) is 0 Å². The minimum Gasteiger partial charge on any atom is -0.341 e. The van der Waals surface area contributed by atoms with Crippen LogP contribution < -0.4 is 5.32 Å². The van der Waals surface area contributed by atoms with Gasteiger partial charge in [0.05, 0.1) is 10.1 Å². The molecule has 0 aromatic heterocycles. The van der Waals surface area contributed by atoms with Gasteiger partial charge in [-0.1, -0.05) is 0 Å². The molecule has 0 radical (unpaired) electrons. The van der Waals surface area contributed by atoms with Crippen LogP contribution in [0.5, 0.6) is 0 Å². The maximum Gasteiger partial charge on any atom is 0.223 e. The summed E-state index contributed by atoms with van der Waals surface area (Å²) in [6, 6.07) is 4.80. The average molecular weight is 365 g/mol. The molecule has 0 saturated carbocycles. The maximum atomic E-state index is 12.9. The second-order valence-electron chi connectivity index (χ2n) is 5.66. The molecule has 1 aliphatic rings. The van der Waals surface area contributed by atoms with Crippen molar-refractivity contribution < 1.29 is 17.6 Å². The van der Waals surface area contributed by atoms with E-state index in [-0.39, 0.29) is 35.7 Å². The van der Waals surface area contributed by atoms with Gasteiger partial charge in [0, 0.05) is 26.1 Å². The number of carbonyl (C=O) groups excluding carboxylic acids is 1. The van der Waals surface area contributed by atoms with Crippen molar-refractivity contribution in [2.24, 2.45) is 0 Å². The van der Waals surface area contributed by atoms with Gasteiger partial charge in [-0.15, -0.1) is 12.4 Å². The van der Waals surface area contributed by atoms with Gasteiger partial charge >= 0.3 is 0 Å². The Labute approximate surface area is 142 Å². The molecule has 5 nitrogen and oxygen atoms in total. The van der Waals surface area contributed by atoms with Gasteiger partial charge in [0.25, 0.3) is 0 Å². The quantitative estimate of drug-likeness (QED) is 0.806. The van der Waals surface area contributed by atoms with Crippen molar-refractivity contribution in [2.45, 2.75) is 36.0 Å². The van der Waals surface area contributed by atoms with Crippen LogP contribution in [-0.4, -0.2) is 50.7 Å². The molecule has 1 aromatic carbocycles. The number of amides is 1. The smallest absolute Gasteiger partial charge is 0.223 e. The fraction of sp³-hybridized carbons (Fsp3) is 0.533. The van der Waals surface area contributed by atoms with Gasteiger partial charge in [0.2, 0.25) is 5.91 Å². The molecule has 1 fully saturated rings. The highest BCUT2D eigenvalue weighted by Gasteiger charge is 2.29. The average Bonchev–Trinajstić information content (AvgIpc) is 3.00. The minimum absolute atomic E-state index is 0. The third kappa shape index (κ3) is 4.65. The molecule has 0 aliphatic carbocycles. The largest absolute Gasteiger partial charge is 0.341 e. The third-order valence-corrected chi connectivity index (χ3v) is 6.26. The summed E-state index contributed by atoms with van der Waals surface area (Å²) in [5.41, 5.74) is 0. The summed E-state index contributed by atoms with van der Waals surface area (Å²) in [5, 5.41) is 2.33. The van der Waals surface area contributed by atoms with Crippen molar-refractivity contribution in [1.29, 1.82) is 0 Å². The number of likely N-dealkylation sites (N-methyl/N-ethyl adjacent to an activating group) is 1. The molecule has 23 heavy (non-hydrogen) atoms. The molecule has 1 aromatic rings. The number of sulfone groups is 1. The van der Waals surface area contributed by atoms with Crippen molar-refractivity contribution in [1.82, 2.24) is 10.2 Å². The van der Waals surface area contributed by atoms with Crippen molar-refractivity contribution >= 4 is 28.2 Å². The predicted molar refractivity (Wildman–Crippen MR) is 89.0 cm³/mol. The summed E-state index contributed by atoms with van der Waals surface area (Å²) >= 11 is 0. The first-order valence-electron chi connectivity index (χ1n) is 7.28. The van der Waals surface area contributed by atoms with Crippen LogP contribution in [0, 0.1) is 5.82 Å². The van der Waals surface area contributed by atoms with Crippen molar-refractivity contribution in [2.75, 3.05) is 20.1 Å². The summed E-state index contributed by atoms with van der Waals surface area (Å²) in [6.45, 7) is 3.12. The lowest BCUT2D eigenvalue weighted by atomic mass is 10.2. The molecule has 1 N–H and O–H groups in total. The molecule has 1 heterocycles. The van der Waals surface area contributed by atoms with Gasteiger partial charge in [-0.2, -0.15) is 0 Å². The number of hydrogen-bond donors (Lipinski definition) is 1. The Kier molecular flexibility index (Phi) is 6.98. The van der Waals surface area contributed by atoms with Gasteiger partial charge in [-0.25, -0.2) is 12.8 Å². The Morgan fingerprint density at radius 3 is 2.52 bits per heavy atom. The first-order valence-corrected chi connectivity index (χ1v) is 8.83. The molecule has 0 spiro atoms. The van der Waals surface area contributed by atoms with Crippen LogP contribution >= 0.6 is 12.4 Å². The highest BCUT2D eigenvalue weighted by Crippen LogP contribution is 2.20. The van der Waals surface area contributed by atoms with E-state index in [1.807, 2.05) is 0 Å². The van der Waals surface area contributed by atoms with E-state index in [2.05, 4.69) is 5.32 Å². The summed E-state index contributed by atoms with van der Waals surface area (Å²) in [5.74, 6) is -0.678. The van der Waals surface area contributed by atoms with E-state index in [1.165, 1.54) is 19.1 Å². The third-order valence-electron chi connectivity index (χ3n) is 4.11. The van der Waals surface area contributed by atoms with E-state index in [9.17, 15) is 17.6 Å². The molecule has 0 bridgehead atoms. The number of nitrogens with one attached hydrogen (secondary N) is 1. The van der Waals surface area contributed by atoms with E-state index in [1.54, 1.807) is 11.9 Å². The van der Waals surface area contributed by atoms with E-state index in [0.29, 0.717) is 0 Å². The Bertz CT molecular complexity index is 631. The van der Waals surface area contributed by atoms with Gasteiger partial charge in [0.15, 0.2) is 9.84 Å². The molecule has 2 rings (SSSR count). The Balaban J connectivity index is 0.00000264. The minimum atomic E-state index is -3.64. The summed E-state index contributed by atoms with van der Waals surface area (Å²) in [4.78, 5) is 13.9. The van der Waals surface area contributed by atoms with Crippen LogP contribution in [0.4, 0.5) is 4.39 Å². The van der Waals surface area contributed by atoms with Crippen molar-refractivity contribution in [3.05, 3.63) is 30.1 Å². The van der Waals surface area contributed by atoms with Crippen LogP contribution in [-0.2, 0) is 14.6 Å². The van der Waals surface area contributed by atoms with Crippen LogP contribution in [0.15, 0.2) is 29.2 Å². The molecule has 130 valence electrons. The van der Waals surface area contributed by atoms with E-state index in [4.69, 9.17) is 0 Å². The summed E-state index contributed by atoms with van der Waals surface area (Å²) in [7, 11) is -1.93. The lowest BCUT2D eigenvalue weighted by Crippen LogP contribution is -2.40. The van der Waals surface area contributed by atoms with Crippen molar-refractivity contribution in [3.63, 3.8) is 0 Å². The lowest BCUT2D eigenvalue weighted by Gasteiger charge is -2.25. The molecule has 8 heteroatoms. The topological polar surface area (TPSA) is 66.5 Å². The van der Waals surface area contributed by atoms with Gasteiger partial charge in [-0.3, -0.25) is 4.79 Å². The zero-order valence-electron chi connectivity index (χ0n) is 13.2. The Morgan fingerprint density at radius 1 is 1.39 bits per heavy atom. The molecular weight excluding hydrogens is 343 g/mol. The molecule has 1 saturated heterocycles. The zero-order valence-corrected chi connectivity index (χ0v) is 14.8. The number of rotatable bonds is 5. The maximum absolute atomic E-state index is 12.9. The van der Waals surface area contributed by atoms with E-state index in [0.717, 1.165) is 31.6 Å². The second-order valence-corrected chi connectivity index (χ2v) is 8.03. The van der Waals surface area contributed by atoms with E-state index >= 15 is 0 Å². The molecular formula is C15H22ClFN2O3S. The van der Waals surface area contributed by atoms with Gasteiger partial charge in [-0.05, 0) is 44.2 Å². The van der Waals surface area contributed by atoms with Crippen LogP contribution in [0.1, 0.15) is 19.8 Å². The van der Waals surface area contributed by atoms with Crippen LogP contribution in [0.3, 0.4) is 0 Å². The predicted octanol–water partition coefficient (Wildman–Crippen LogP) is 1.62. The number of nitrogens with zero attached hydrogens (tertiary/aromatic N) is 1. The molecule has 1 amide bonds. The van der Waals surface area contributed by atoms with Crippen molar-refractivity contribution in [3.8, 4) is 0 Å². The standard InChI is InChI=1S/C15H21FN2O3S.ClH/c1-11(9-15(19)18(2)13-7-8-17-10-13)22(20,21)14-5-3-12(16)4-6-14;/h3-6,11,13,17H,7-10H2,1-2H3;1H. The first-order chi connectivity index (χ1) is 10.3. The number of carbonyl (C=O) groups is 1. The number of hydrogen-bond acceptors (Lipinski definition) is 4. The fourth-order valence-corrected chi connectivity index (χ4v) is 3.87. The summed E-state index contributed by atoms with van der Waals surface area (Å²) in [6.07, 6.45) is 0.800. The van der Waals surface area contributed by atoms with E-state index < -0.39 is 20.9 Å². The highest BCUT2D eigenvalue weighted by molar-refractivity contribution is 7.92. The number of benzene rings is 1. The van der Waals surface area contributed by atoms with Crippen LogP contribution in [0.25, 0.3) is 0 Å². The zero-order chi connectivity index (χ0) is 16.3. The Hall–Kier alpha value is -1.18. The Morgan fingerprint density at radius 2 is 2.00 bits per heavy atom. The highest BCUT2D eigenvalue weighted by atomic mass is 35.5. The molecule has 2 atom stereocenters. The fourth-order valence-electron chi connectivity index (χ4n) is 2.53. The molecule has 2 unspecified atom stereocenters. The number of halogens is 2. The van der Waals surface area contributed by atoms with Gasteiger partial charge < -0.3 is 10.2 Å². The monoisotopic (exact) mass is 364 g/mol.